The number of likely N-dealkylation sites (N-methyl/N-ethyl adjacent to an activating group) is 7. The summed E-state index contributed by atoms with van der Waals surface area (Å²) < 4.78 is 0. The van der Waals surface area contributed by atoms with Crippen LogP contribution in [0, 0.1) is 17.8 Å². The van der Waals surface area contributed by atoms with Crippen molar-refractivity contribution in [3.8, 4) is 0 Å². The molecule has 3 aliphatic heterocycles. The largest absolute Gasteiger partial charge is 0.343 e. The average molecular weight is 1310 g/mol. The number of amides is 12. The molecule has 3 aliphatic carbocycles. The third-order valence-electron chi connectivity index (χ3n) is 21.6. The first-order chi connectivity index (χ1) is 44.8. The lowest BCUT2D eigenvalue weighted by molar-refractivity contribution is -0.157. The number of benzene rings is 1. The standard InChI is InChI=1S/C70H110N12O12/c1-11-47(2)60-67(92)76(6)45-58(85)74(4)46-59(86)78(8)54(42-50-30-18-13-19-31-50)65(90)75(5)44-56(83)71-52(35-26-32-49-28-16-12-17-29-49)64(89)82-41-27-36-53(82)63(88)73-70(37-22-23-38-70)69(94)80(10)61(51-33-20-14-21-34-51)68(93)79(9)55(66(91)81-39-24-15-25-40-81)43-57(84)77(7)48(3)62(87)72-60/h12,16-17,28-29,47-48,50-55,60-61H,11,13-15,18-27,30-46H2,1-10H3,(H,71,83)(H,72,87)(H,73,88)/t47-,48-,52-,53-,54-,55-,60-,61-/m0/s1. The van der Waals surface area contributed by atoms with Crippen molar-refractivity contribution in [1.29, 1.82) is 0 Å². The zero-order chi connectivity index (χ0) is 68.6. The predicted octanol–water partition coefficient (Wildman–Crippen LogP) is 4.12. The van der Waals surface area contributed by atoms with E-state index in [0.29, 0.717) is 70.9 Å². The van der Waals surface area contributed by atoms with Crippen molar-refractivity contribution in [2.75, 3.05) is 88.6 Å². The van der Waals surface area contributed by atoms with Gasteiger partial charge in [-0.15, -0.1) is 0 Å². The summed E-state index contributed by atoms with van der Waals surface area (Å²) in [5.41, 5.74) is -0.430. The summed E-state index contributed by atoms with van der Waals surface area (Å²) in [6.07, 6.45) is 14.7. The van der Waals surface area contributed by atoms with Gasteiger partial charge in [-0.05, 0) is 114 Å². The van der Waals surface area contributed by atoms with E-state index in [0.717, 1.165) is 76.2 Å². The molecule has 0 bridgehead atoms. The molecule has 12 amide bonds. The Morgan fingerprint density at radius 3 is 1.83 bits per heavy atom. The van der Waals surface area contributed by atoms with E-state index in [1.807, 2.05) is 37.3 Å². The van der Waals surface area contributed by atoms with E-state index in [2.05, 4.69) is 16.0 Å². The molecule has 3 saturated heterocycles. The fraction of sp³-hybridized carbons (Fsp3) is 0.743. The fourth-order valence-electron chi connectivity index (χ4n) is 15.1. The zero-order valence-corrected chi connectivity index (χ0v) is 58.0. The Bertz CT molecular complexity index is 2830. The molecule has 3 N–H and O–H groups in total. The molecule has 8 atom stereocenters. The number of aryl methyl sites for hydroxylation is 1. The number of fused-ring (bicyclic) bond motifs is 1. The van der Waals surface area contributed by atoms with Gasteiger partial charge in [0.15, 0.2) is 0 Å². The molecular weight excluding hydrogens is 1200 g/mol. The van der Waals surface area contributed by atoms with E-state index in [4.69, 9.17) is 0 Å². The first-order valence-electron chi connectivity index (χ1n) is 35.1. The van der Waals surface area contributed by atoms with Crippen molar-refractivity contribution in [3.63, 3.8) is 0 Å². The molecule has 1 aromatic rings. The minimum Gasteiger partial charge on any atom is -0.343 e. The lowest BCUT2D eigenvalue weighted by Gasteiger charge is -2.43. The first-order valence-corrected chi connectivity index (χ1v) is 35.1. The summed E-state index contributed by atoms with van der Waals surface area (Å²) in [7, 11) is 10.3. The van der Waals surface area contributed by atoms with Gasteiger partial charge in [0.1, 0.15) is 47.8 Å². The lowest BCUT2D eigenvalue weighted by atomic mass is 9.81. The fourth-order valence-corrected chi connectivity index (χ4v) is 15.1. The number of hydrogen-bond donors (Lipinski definition) is 3. The molecule has 6 fully saturated rings. The number of piperidine rings is 1. The van der Waals surface area contributed by atoms with Crippen LogP contribution in [0.25, 0.3) is 0 Å². The normalized spacial score (nSPS) is 27.6. The Labute approximate surface area is 557 Å². The number of likely N-dealkylation sites (tertiary alicyclic amines) is 1. The van der Waals surface area contributed by atoms with Gasteiger partial charge < -0.3 is 60.0 Å². The van der Waals surface area contributed by atoms with Crippen LogP contribution in [0.2, 0.25) is 0 Å². The van der Waals surface area contributed by atoms with E-state index in [1.54, 1.807) is 18.9 Å². The van der Waals surface area contributed by atoms with Crippen LogP contribution >= 0.6 is 0 Å². The van der Waals surface area contributed by atoms with Crippen molar-refractivity contribution in [1.82, 2.24) is 60.0 Å². The monoisotopic (exact) mass is 1310 g/mol. The second-order valence-corrected chi connectivity index (χ2v) is 28.2. The topological polar surface area (TPSA) is 270 Å². The molecule has 24 nitrogen and oxygen atoms in total. The predicted molar refractivity (Wildman–Crippen MR) is 354 cm³/mol. The molecule has 522 valence electrons. The van der Waals surface area contributed by atoms with E-state index < -0.39 is 151 Å². The maximum absolute atomic E-state index is 15.7. The summed E-state index contributed by atoms with van der Waals surface area (Å²) in [5.74, 6) is -7.34. The summed E-state index contributed by atoms with van der Waals surface area (Å²) in [6.45, 7) is 4.76. The van der Waals surface area contributed by atoms with Crippen LogP contribution in [-0.4, -0.2) is 251 Å². The number of rotatable bonds is 10. The van der Waals surface area contributed by atoms with Gasteiger partial charge in [-0.3, -0.25) is 57.5 Å². The van der Waals surface area contributed by atoms with Gasteiger partial charge in [-0.1, -0.05) is 115 Å². The molecule has 24 heteroatoms. The SMILES string of the molecule is CC[C@H](C)[C@@H]1NC(=O)[C@H](C)N(C)C(=O)C[C@@H](C(=O)N2CCCCC2)N(C)C(=O)[C@H](C2CCCCC2)N(C)C(=O)C2(CCCC2)NC(=O)[C@@H]2CCCN2C(=O)[C@H](CCCc2ccccc2)NC(=O)CN(C)C(=O)[C@H](CC2CCCCC2)N(C)C(=O)CN(C)C(=O)CN(C)C1=O. The number of nitrogens with one attached hydrogen (secondary N) is 3. The van der Waals surface area contributed by atoms with Gasteiger partial charge >= 0.3 is 0 Å². The molecular formula is C70H110N12O12. The van der Waals surface area contributed by atoms with E-state index in [-0.39, 0.29) is 44.1 Å². The molecule has 1 spiro atoms. The molecule has 0 aromatic heterocycles. The maximum atomic E-state index is 15.7. The molecule has 1 aromatic carbocycles. The van der Waals surface area contributed by atoms with Gasteiger partial charge in [-0.25, -0.2) is 0 Å². The van der Waals surface area contributed by atoms with Gasteiger partial charge in [0.05, 0.1) is 26.1 Å². The van der Waals surface area contributed by atoms with Crippen molar-refractivity contribution >= 4 is 70.9 Å². The van der Waals surface area contributed by atoms with Crippen LogP contribution in [-0.2, 0) is 64.0 Å². The number of hydrogen-bond acceptors (Lipinski definition) is 12. The van der Waals surface area contributed by atoms with E-state index >= 15 is 19.2 Å². The van der Waals surface area contributed by atoms with Crippen LogP contribution in [0.3, 0.4) is 0 Å². The molecule has 0 radical (unpaired) electrons. The highest BCUT2D eigenvalue weighted by Gasteiger charge is 2.51. The molecule has 3 saturated carbocycles. The van der Waals surface area contributed by atoms with E-state index in [1.165, 1.54) is 88.4 Å². The molecule has 94 heavy (non-hydrogen) atoms. The number of carbonyl (C=O) groups excluding carboxylic acids is 12. The lowest BCUT2D eigenvalue weighted by Crippen LogP contribution is -2.65. The number of carbonyl (C=O) groups is 12. The molecule has 6 aliphatic rings. The third-order valence-corrected chi connectivity index (χ3v) is 21.6. The highest BCUT2D eigenvalue weighted by Crippen LogP contribution is 2.37. The summed E-state index contributed by atoms with van der Waals surface area (Å²) in [6, 6.07) is 1.80. The van der Waals surface area contributed by atoms with E-state index in [9.17, 15) is 38.4 Å². The molecule has 7 rings (SSSR count). The smallest absolute Gasteiger partial charge is 0.248 e. The quantitative estimate of drug-likeness (QED) is 0.299. The van der Waals surface area contributed by atoms with Crippen LogP contribution < -0.4 is 16.0 Å². The van der Waals surface area contributed by atoms with Gasteiger partial charge in [0.25, 0.3) is 0 Å². The average Bonchev–Trinajstić information content (AvgIpc) is 1.40. The first kappa shape index (κ1) is 74.3. The Morgan fingerprint density at radius 2 is 1.19 bits per heavy atom. The Morgan fingerprint density at radius 1 is 0.585 bits per heavy atom. The Hall–Kier alpha value is -7.14. The number of nitrogens with zero attached hydrogens (tertiary/aromatic N) is 9. The van der Waals surface area contributed by atoms with Crippen molar-refractivity contribution in [3.05, 3.63) is 35.9 Å². The van der Waals surface area contributed by atoms with Crippen LogP contribution in [0.5, 0.6) is 0 Å². The highest BCUT2D eigenvalue weighted by atomic mass is 16.2. The second-order valence-electron chi connectivity index (χ2n) is 28.2. The Kier molecular flexibility index (Phi) is 27.3. The highest BCUT2D eigenvalue weighted by molar-refractivity contribution is 6.00. The Balaban J connectivity index is 1.25. The van der Waals surface area contributed by atoms with Gasteiger partial charge in [-0.2, -0.15) is 0 Å². The zero-order valence-electron chi connectivity index (χ0n) is 58.0. The summed E-state index contributed by atoms with van der Waals surface area (Å²) in [4.78, 5) is 189. The maximum Gasteiger partial charge on any atom is 0.248 e. The third kappa shape index (κ3) is 18.7. The van der Waals surface area contributed by atoms with Gasteiger partial charge in [0, 0.05) is 69.0 Å². The molecule has 0 unspecified atom stereocenters. The minimum absolute atomic E-state index is 0.102. The van der Waals surface area contributed by atoms with Crippen molar-refractivity contribution in [2.45, 2.75) is 229 Å². The van der Waals surface area contributed by atoms with Crippen molar-refractivity contribution in [2.24, 2.45) is 17.8 Å². The minimum atomic E-state index is -1.46. The summed E-state index contributed by atoms with van der Waals surface area (Å²) >= 11 is 0. The van der Waals surface area contributed by atoms with Crippen LogP contribution in [0.4, 0.5) is 0 Å². The molecule has 3 heterocycles. The van der Waals surface area contributed by atoms with Crippen LogP contribution in [0.1, 0.15) is 180 Å². The van der Waals surface area contributed by atoms with Crippen molar-refractivity contribution < 1.29 is 57.5 Å². The second kappa shape index (κ2) is 34.5. The summed E-state index contributed by atoms with van der Waals surface area (Å²) in [5, 5.41) is 8.95. The van der Waals surface area contributed by atoms with Crippen LogP contribution in [0.15, 0.2) is 30.3 Å². The van der Waals surface area contributed by atoms with Gasteiger partial charge in [0.2, 0.25) is 70.9 Å².